The SMILES string of the molecule is Cc1ccc(S(=O)(=O)N2C=CNC(=O)[C@H]2CC(=O)NC2CCCCC2C)cc1. The van der Waals surface area contributed by atoms with Crippen LogP contribution in [-0.2, 0) is 19.6 Å². The predicted octanol–water partition coefficient (Wildman–Crippen LogP) is 2.04. The molecule has 1 saturated carbocycles. The number of hydrogen-bond acceptors (Lipinski definition) is 4. The monoisotopic (exact) mass is 405 g/mol. The van der Waals surface area contributed by atoms with Crippen LogP contribution in [0.1, 0.15) is 44.6 Å². The van der Waals surface area contributed by atoms with Crippen LogP contribution in [0.25, 0.3) is 0 Å². The van der Waals surface area contributed by atoms with Gasteiger partial charge in [0.1, 0.15) is 6.04 Å². The second-order valence-electron chi connectivity index (χ2n) is 7.63. The van der Waals surface area contributed by atoms with E-state index in [1.54, 1.807) is 12.1 Å². The Morgan fingerprint density at radius 1 is 1.21 bits per heavy atom. The minimum absolute atomic E-state index is 0.0746. The van der Waals surface area contributed by atoms with E-state index in [1.807, 2.05) is 6.92 Å². The number of sulfonamides is 1. The number of hydrogen-bond donors (Lipinski definition) is 2. The van der Waals surface area contributed by atoms with E-state index in [9.17, 15) is 18.0 Å². The molecular formula is C20H27N3O4S. The zero-order valence-electron chi connectivity index (χ0n) is 16.2. The van der Waals surface area contributed by atoms with Gasteiger partial charge in [-0.05, 0) is 37.8 Å². The largest absolute Gasteiger partial charge is 0.353 e. The van der Waals surface area contributed by atoms with Crippen molar-refractivity contribution in [2.75, 3.05) is 0 Å². The minimum atomic E-state index is -3.94. The van der Waals surface area contributed by atoms with Crippen LogP contribution in [0.2, 0.25) is 0 Å². The lowest BCUT2D eigenvalue weighted by Gasteiger charge is -2.33. The molecule has 1 fully saturated rings. The number of nitrogens with zero attached hydrogens (tertiary/aromatic N) is 1. The van der Waals surface area contributed by atoms with Gasteiger partial charge in [-0.2, -0.15) is 0 Å². The molecule has 2 unspecified atom stereocenters. The lowest BCUT2D eigenvalue weighted by Crippen LogP contribution is -2.52. The van der Waals surface area contributed by atoms with Crippen molar-refractivity contribution in [2.45, 2.75) is 62.9 Å². The molecule has 1 aliphatic carbocycles. The fourth-order valence-electron chi connectivity index (χ4n) is 3.74. The van der Waals surface area contributed by atoms with Crippen molar-refractivity contribution in [3.8, 4) is 0 Å². The highest BCUT2D eigenvalue weighted by molar-refractivity contribution is 7.89. The summed E-state index contributed by atoms with van der Waals surface area (Å²) in [5.74, 6) is -0.437. The lowest BCUT2D eigenvalue weighted by molar-refractivity contribution is -0.130. The van der Waals surface area contributed by atoms with Crippen molar-refractivity contribution in [1.82, 2.24) is 14.9 Å². The molecule has 2 N–H and O–H groups in total. The maximum atomic E-state index is 13.0. The van der Waals surface area contributed by atoms with Gasteiger partial charge in [-0.3, -0.25) is 13.9 Å². The second-order valence-corrected chi connectivity index (χ2v) is 9.47. The first-order chi connectivity index (χ1) is 13.3. The van der Waals surface area contributed by atoms with Crippen molar-refractivity contribution in [2.24, 2.45) is 5.92 Å². The standard InChI is InChI=1S/C20H27N3O4S/c1-14-7-9-16(10-8-14)28(26,27)23-12-11-21-20(25)18(23)13-19(24)22-17-6-4-3-5-15(17)2/h7-12,15,17-18H,3-6,13H2,1-2H3,(H,21,25)(H,22,24)/t15?,17?,18-/m1/s1. The Kier molecular flexibility index (Phi) is 6.07. The van der Waals surface area contributed by atoms with E-state index in [0.717, 1.165) is 35.6 Å². The van der Waals surface area contributed by atoms with E-state index in [2.05, 4.69) is 17.6 Å². The van der Waals surface area contributed by atoms with Gasteiger partial charge in [0.05, 0.1) is 11.3 Å². The third-order valence-corrected chi connectivity index (χ3v) is 7.29. The van der Waals surface area contributed by atoms with Crippen LogP contribution in [0.15, 0.2) is 41.6 Å². The van der Waals surface area contributed by atoms with Crippen LogP contribution >= 0.6 is 0 Å². The summed E-state index contributed by atoms with van der Waals surface area (Å²) in [6, 6.07) is 5.37. The molecule has 7 nitrogen and oxygen atoms in total. The zero-order valence-corrected chi connectivity index (χ0v) is 17.0. The predicted molar refractivity (Wildman–Crippen MR) is 105 cm³/mol. The summed E-state index contributed by atoms with van der Waals surface area (Å²) in [7, 11) is -3.94. The molecule has 0 spiro atoms. The van der Waals surface area contributed by atoms with E-state index in [1.165, 1.54) is 24.5 Å². The van der Waals surface area contributed by atoms with Crippen LogP contribution in [0.3, 0.4) is 0 Å². The van der Waals surface area contributed by atoms with Gasteiger partial charge in [-0.1, -0.05) is 37.5 Å². The van der Waals surface area contributed by atoms with Gasteiger partial charge in [0.15, 0.2) is 0 Å². The van der Waals surface area contributed by atoms with E-state index in [-0.39, 0.29) is 23.3 Å². The fraction of sp³-hybridized carbons (Fsp3) is 0.500. The molecule has 1 aromatic carbocycles. The Morgan fingerprint density at radius 2 is 1.89 bits per heavy atom. The molecule has 8 heteroatoms. The number of amides is 2. The number of carbonyl (C=O) groups excluding carboxylic acids is 2. The molecule has 3 rings (SSSR count). The lowest BCUT2D eigenvalue weighted by atomic mass is 9.86. The molecule has 2 amide bonds. The zero-order chi connectivity index (χ0) is 20.3. The van der Waals surface area contributed by atoms with E-state index in [4.69, 9.17) is 0 Å². The molecule has 152 valence electrons. The van der Waals surface area contributed by atoms with Gasteiger partial charge in [-0.25, -0.2) is 8.42 Å². The summed E-state index contributed by atoms with van der Waals surface area (Å²) in [4.78, 5) is 25.1. The summed E-state index contributed by atoms with van der Waals surface area (Å²) >= 11 is 0. The number of carbonyl (C=O) groups is 2. The molecule has 28 heavy (non-hydrogen) atoms. The Bertz CT molecular complexity index is 864. The minimum Gasteiger partial charge on any atom is -0.353 e. The Hall–Kier alpha value is -2.35. The highest BCUT2D eigenvalue weighted by Crippen LogP contribution is 2.25. The maximum Gasteiger partial charge on any atom is 0.264 e. The highest BCUT2D eigenvalue weighted by atomic mass is 32.2. The molecule has 0 aromatic heterocycles. The van der Waals surface area contributed by atoms with Gasteiger partial charge >= 0.3 is 0 Å². The Morgan fingerprint density at radius 3 is 2.57 bits per heavy atom. The van der Waals surface area contributed by atoms with E-state index in [0.29, 0.717) is 5.92 Å². The third kappa shape index (κ3) is 4.38. The molecule has 0 radical (unpaired) electrons. The normalized spacial score (nSPS) is 25.3. The molecule has 0 saturated heterocycles. The second kappa shape index (κ2) is 8.34. The van der Waals surface area contributed by atoms with Gasteiger partial charge < -0.3 is 10.6 Å². The number of nitrogens with one attached hydrogen (secondary N) is 2. The van der Waals surface area contributed by atoms with Crippen molar-refractivity contribution < 1.29 is 18.0 Å². The van der Waals surface area contributed by atoms with Crippen LogP contribution in [0.4, 0.5) is 0 Å². The van der Waals surface area contributed by atoms with Crippen molar-refractivity contribution in [3.63, 3.8) is 0 Å². The third-order valence-electron chi connectivity index (χ3n) is 5.49. The Balaban J connectivity index is 1.77. The first kappa shape index (κ1) is 20.4. The average molecular weight is 406 g/mol. The smallest absolute Gasteiger partial charge is 0.264 e. The fourth-order valence-corrected chi connectivity index (χ4v) is 5.19. The average Bonchev–Trinajstić information content (AvgIpc) is 2.65. The summed E-state index contributed by atoms with van der Waals surface area (Å²) < 4.78 is 27.1. The van der Waals surface area contributed by atoms with Gasteiger partial charge in [-0.15, -0.1) is 0 Å². The van der Waals surface area contributed by atoms with Crippen LogP contribution in [0, 0.1) is 12.8 Å². The van der Waals surface area contributed by atoms with E-state index < -0.39 is 22.0 Å². The molecule has 1 heterocycles. The molecule has 1 aromatic rings. The molecule has 2 aliphatic rings. The number of benzene rings is 1. The van der Waals surface area contributed by atoms with Gasteiger partial charge in [0.25, 0.3) is 10.0 Å². The number of aryl methyl sites for hydroxylation is 1. The van der Waals surface area contributed by atoms with Crippen LogP contribution in [-0.4, -0.2) is 36.6 Å². The first-order valence-corrected chi connectivity index (χ1v) is 11.1. The van der Waals surface area contributed by atoms with Crippen molar-refractivity contribution in [1.29, 1.82) is 0 Å². The summed E-state index contributed by atoms with van der Waals surface area (Å²) in [5.41, 5.74) is 0.934. The van der Waals surface area contributed by atoms with Crippen LogP contribution < -0.4 is 10.6 Å². The van der Waals surface area contributed by atoms with Gasteiger partial charge in [0.2, 0.25) is 11.8 Å². The first-order valence-electron chi connectivity index (χ1n) is 9.65. The quantitative estimate of drug-likeness (QED) is 0.784. The van der Waals surface area contributed by atoms with Gasteiger partial charge in [0, 0.05) is 18.4 Å². The maximum absolute atomic E-state index is 13.0. The molecule has 3 atom stereocenters. The van der Waals surface area contributed by atoms with E-state index >= 15 is 0 Å². The summed E-state index contributed by atoms with van der Waals surface area (Å²) in [5, 5.41) is 5.50. The molecular weight excluding hydrogens is 378 g/mol. The topological polar surface area (TPSA) is 95.6 Å². The van der Waals surface area contributed by atoms with Crippen molar-refractivity contribution >= 4 is 21.8 Å². The molecule has 1 aliphatic heterocycles. The summed E-state index contributed by atoms with van der Waals surface area (Å²) in [6.45, 7) is 3.97. The number of rotatable bonds is 5. The summed E-state index contributed by atoms with van der Waals surface area (Å²) in [6.07, 6.45) is 6.57. The Labute approximate surface area is 166 Å². The van der Waals surface area contributed by atoms with Crippen LogP contribution in [0.5, 0.6) is 0 Å². The molecule has 0 bridgehead atoms. The highest BCUT2D eigenvalue weighted by Gasteiger charge is 2.37. The van der Waals surface area contributed by atoms with Crippen molar-refractivity contribution in [3.05, 3.63) is 42.2 Å².